The van der Waals surface area contributed by atoms with Crippen LogP contribution in [-0.2, 0) is 4.74 Å². The Morgan fingerprint density at radius 3 is 2.95 bits per heavy atom. The Morgan fingerprint density at radius 1 is 1.32 bits per heavy atom. The highest BCUT2D eigenvalue weighted by Gasteiger charge is 2.30. The highest BCUT2D eigenvalue weighted by molar-refractivity contribution is 5.95. The monoisotopic (exact) mass is 257 g/mol. The third-order valence-electron chi connectivity index (χ3n) is 3.96. The van der Waals surface area contributed by atoms with E-state index in [1.807, 2.05) is 12.1 Å². The van der Waals surface area contributed by atoms with Gasteiger partial charge in [-0.25, -0.2) is 4.79 Å². The van der Waals surface area contributed by atoms with Crippen LogP contribution in [-0.4, -0.2) is 12.5 Å². The number of rotatable bonds is 3. The highest BCUT2D eigenvalue weighted by Crippen LogP contribution is 2.36. The van der Waals surface area contributed by atoms with Crippen molar-refractivity contribution in [3.8, 4) is 0 Å². The standard InChI is InChI=1S/C16H19NO2/c17-9-8-15-13-7-6-12(10-14(13)16(18)19-15)11-4-2-1-3-5-11/h4,6-7,10,15H,1-3,5,8-9,17H2. The molecule has 1 aliphatic carbocycles. The lowest BCUT2D eigenvalue weighted by atomic mass is 9.91. The molecule has 2 N–H and O–H groups in total. The second-order valence-corrected chi connectivity index (χ2v) is 5.25. The molecule has 1 atom stereocenters. The second-order valence-electron chi connectivity index (χ2n) is 5.25. The molecule has 0 aromatic heterocycles. The summed E-state index contributed by atoms with van der Waals surface area (Å²) in [6.45, 7) is 0.532. The fourth-order valence-corrected chi connectivity index (χ4v) is 2.94. The Bertz CT molecular complexity index is 534. The van der Waals surface area contributed by atoms with E-state index < -0.39 is 0 Å². The molecule has 3 nitrogen and oxygen atoms in total. The van der Waals surface area contributed by atoms with Gasteiger partial charge < -0.3 is 10.5 Å². The van der Waals surface area contributed by atoms with E-state index in [2.05, 4.69) is 12.1 Å². The van der Waals surface area contributed by atoms with Gasteiger partial charge >= 0.3 is 5.97 Å². The number of fused-ring (bicyclic) bond motifs is 1. The highest BCUT2D eigenvalue weighted by atomic mass is 16.5. The van der Waals surface area contributed by atoms with Crippen LogP contribution in [0.5, 0.6) is 0 Å². The Hall–Kier alpha value is -1.61. The van der Waals surface area contributed by atoms with Crippen LogP contribution in [0.2, 0.25) is 0 Å². The summed E-state index contributed by atoms with van der Waals surface area (Å²) in [6.07, 6.45) is 7.61. The Morgan fingerprint density at radius 2 is 2.21 bits per heavy atom. The van der Waals surface area contributed by atoms with E-state index in [0.717, 1.165) is 24.0 Å². The molecule has 1 aromatic carbocycles. The molecule has 3 rings (SSSR count). The van der Waals surface area contributed by atoms with Crippen LogP contribution >= 0.6 is 0 Å². The van der Waals surface area contributed by atoms with Crippen LogP contribution in [0.15, 0.2) is 24.3 Å². The molecule has 100 valence electrons. The molecular weight excluding hydrogens is 238 g/mol. The van der Waals surface area contributed by atoms with Crippen LogP contribution in [0.1, 0.15) is 59.7 Å². The zero-order chi connectivity index (χ0) is 13.2. The molecule has 0 saturated heterocycles. The third kappa shape index (κ3) is 2.30. The predicted molar refractivity (Wildman–Crippen MR) is 74.7 cm³/mol. The summed E-state index contributed by atoms with van der Waals surface area (Å²) in [5, 5.41) is 0. The van der Waals surface area contributed by atoms with Gasteiger partial charge in [-0.3, -0.25) is 0 Å². The average Bonchev–Trinajstić information content (AvgIpc) is 2.77. The molecule has 0 radical (unpaired) electrons. The zero-order valence-corrected chi connectivity index (χ0v) is 11.0. The van der Waals surface area contributed by atoms with E-state index in [1.54, 1.807) is 0 Å². The largest absolute Gasteiger partial charge is 0.454 e. The van der Waals surface area contributed by atoms with Crippen molar-refractivity contribution in [2.24, 2.45) is 5.73 Å². The van der Waals surface area contributed by atoms with Gasteiger partial charge in [0, 0.05) is 12.0 Å². The van der Waals surface area contributed by atoms with Gasteiger partial charge in [0.05, 0.1) is 5.56 Å². The lowest BCUT2D eigenvalue weighted by Gasteiger charge is -2.14. The first-order chi connectivity index (χ1) is 9.29. The maximum absolute atomic E-state index is 11.9. The summed E-state index contributed by atoms with van der Waals surface area (Å²) >= 11 is 0. The smallest absolute Gasteiger partial charge is 0.339 e. The number of carbonyl (C=O) groups is 1. The van der Waals surface area contributed by atoms with Crippen molar-refractivity contribution in [1.82, 2.24) is 0 Å². The van der Waals surface area contributed by atoms with Crippen LogP contribution in [0.4, 0.5) is 0 Å². The molecule has 0 spiro atoms. The topological polar surface area (TPSA) is 52.3 Å². The van der Waals surface area contributed by atoms with Crippen molar-refractivity contribution in [2.45, 2.75) is 38.2 Å². The molecule has 0 saturated carbocycles. The molecule has 1 heterocycles. The first kappa shape index (κ1) is 12.4. The van der Waals surface area contributed by atoms with Gasteiger partial charge in [0.25, 0.3) is 0 Å². The lowest BCUT2D eigenvalue weighted by molar-refractivity contribution is 0.0374. The van der Waals surface area contributed by atoms with Crippen LogP contribution in [0.3, 0.4) is 0 Å². The van der Waals surface area contributed by atoms with Crippen molar-refractivity contribution in [3.63, 3.8) is 0 Å². The summed E-state index contributed by atoms with van der Waals surface area (Å²) < 4.78 is 5.38. The fraction of sp³-hybridized carbons (Fsp3) is 0.438. The molecule has 0 fully saturated rings. The third-order valence-corrected chi connectivity index (χ3v) is 3.96. The Kier molecular flexibility index (Phi) is 3.38. The molecule has 19 heavy (non-hydrogen) atoms. The molecule has 1 aliphatic heterocycles. The first-order valence-electron chi connectivity index (χ1n) is 7.04. The molecule has 3 heteroatoms. The second kappa shape index (κ2) is 5.17. The van der Waals surface area contributed by atoms with E-state index in [9.17, 15) is 4.79 Å². The number of hydrogen-bond acceptors (Lipinski definition) is 3. The van der Waals surface area contributed by atoms with Crippen molar-refractivity contribution in [3.05, 3.63) is 41.0 Å². The van der Waals surface area contributed by atoms with Crippen molar-refractivity contribution >= 4 is 11.5 Å². The zero-order valence-electron chi connectivity index (χ0n) is 11.0. The average molecular weight is 257 g/mol. The number of benzene rings is 1. The lowest BCUT2D eigenvalue weighted by Crippen LogP contribution is -2.06. The predicted octanol–water partition coefficient (Wildman–Crippen LogP) is 3.20. The summed E-state index contributed by atoms with van der Waals surface area (Å²) in [6, 6.07) is 6.14. The number of allylic oxidation sites excluding steroid dienone is 2. The van der Waals surface area contributed by atoms with Crippen molar-refractivity contribution in [1.29, 1.82) is 0 Å². The van der Waals surface area contributed by atoms with Crippen LogP contribution in [0, 0.1) is 0 Å². The minimum Gasteiger partial charge on any atom is -0.454 e. The van der Waals surface area contributed by atoms with Gasteiger partial charge in [0.15, 0.2) is 0 Å². The van der Waals surface area contributed by atoms with Gasteiger partial charge in [-0.1, -0.05) is 18.2 Å². The molecule has 0 amide bonds. The van der Waals surface area contributed by atoms with Crippen LogP contribution in [0.25, 0.3) is 5.57 Å². The summed E-state index contributed by atoms with van der Waals surface area (Å²) in [5.41, 5.74) is 9.81. The summed E-state index contributed by atoms with van der Waals surface area (Å²) in [5.74, 6) is -0.202. The van der Waals surface area contributed by atoms with Gasteiger partial charge in [-0.05, 0) is 49.4 Å². The first-order valence-corrected chi connectivity index (χ1v) is 7.04. The van der Waals surface area contributed by atoms with E-state index in [-0.39, 0.29) is 12.1 Å². The number of carbonyl (C=O) groups excluding carboxylic acids is 1. The molecule has 0 bridgehead atoms. The minimum absolute atomic E-state index is 0.151. The fourth-order valence-electron chi connectivity index (χ4n) is 2.94. The number of hydrogen-bond donors (Lipinski definition) is 1. The SMILES string of the molecule is NCCC1OC(=O)c2cc(C3=CCCCC3)ccc21. The van der Waals surface area contributed by atoms with Gasteiger partial charge in [0.2, 0.25) is 0 Å². The summed E-state index contributed by atoms with van der Waals surface area (Å²) in [7, 11) is 0. The normalized spacial score (nSPS) is 21.8. The summed E-state index contributed by atoms with van der Waals surface area (Å²) in [4.78, 5) is 11.9. The van der Waals surface area contributed by atoms with E-state index in [4.69, 9.17) is 10.5 Å². The van der Waals surface area contributed by atoms with Gasteiger partial charge in [-0.2, -0.15) is 0 Å². The molecule has 2 aliphatic rings. The quantitative estimate of drug-likeness (QED) is 0.846. The number of esters is 1. The molecule has 1 aromatic rings. The van der Waals surface area contributed by atoms with E-state index in [1.165, 1.54) is 24.0 Å². The maximum Gasteiger partial charge on any atom is 0.339 e. The molecule has 1 unspecified atom stereocenters. The van der Waals surface area contributed by atoms with Gasteiger partial charge in [0.1, 0.15) is 6.10 Å². The van der Waals surface area contributed by atoms with Crippen molar-refractivity contribution in [2.75, 3.05) is 6.54 Å². The number of cyclic esters (lactones) is 1. The number of ether oxygens (including phenoxy) is 1. The van der Waals surface area contributed by atoms with Crippen LogP contribution < -0.4 is 5.73 Å². The number of nitrogens with two attached hydrogens (primary N) is 1. The Balaban J connectivity index is 1.94. The molecular formula is C16H19NO2. The van der Waals surface area contributed by atoms with E-state index >= 15 is 0 Å². The van der Waals surface area contributed by atoms with Gasteiger partial charge in [-0.15, -0.1) is 0 Å². The van der Waals surface area contributed by atoms with Crippen molar-refractivity contribution < 1.29 is 9.53 Å². The minimum atomic E-state index is -0.202. The maximum atomic E-state index is 11.9. The Labute approximate surface area is 113 Å². The van der Waals surface area contributed by atoms with E-state index in [0.29, 0.717) is 13.0 Å².